The molecule has 1 amide bonds. The normalized spacial score (nSPS) is 20.0. The second kappa shape index (κ2) is 7.36. The molecule has 1 aromatic heterocycles. The van der Waals surface area contributed by atoms with E-state index in [-0.39, 0.29) is 5.91 Å². The van der Waals surface area contributed by atoms with Crippen LogP contribution in [0.25, 0.3) is 0 Å². The zero-order chi connectivity index (χ0) is 17.9. The Bertz CT molecular complexity index is 756. The molecule has 2 aromatic rings. The molecule has 5 heteroatoms. The Morgan fingerprint density at radius 1 is 1.08 bits per heavy atom. The largest absolute Gasteiger partial charge is 0.359 e. The van der Waals surface area contributed by atoms with Crippen LogP contribution in [0.2, 0.25) is 0 Å². The number of nitrogens with zero attached hydrogens (tertiary/aromatic N) is 4. The molecule has 4 rings (SSSR count). The van der Waals surface area contributed by atoms with Crippen LogP contribution in [0.15, 0.2) is 48.7 Å². The molecule has 0 spiro atoms. The van der Waals surface area contributed by atoms with Gasteiger partial charge in [-0.2, -0.15) is 0 Å². The second-order valence-corrected chi connectivity index (χ2v) is 7.20. The maximum Gasteiger partial charge on any atom is 0.242 e. The molecular weight excluding hydrogens is 324 g/mol. The van der Waals surface area contributed by atoms with Gasteiger partial charge in [0, 0.05) is 44.1 Å². The van der Waals surface area contributed by atoms with Crippen LogP contribution < -0.4 is 9.80 Å². The standard InChI is InChI=1S/C21H26N4O/c1-17-9-10-18-6-2-3-7-19(18)25(17)16-21(26)24-14-12-23(13-15-24)20-8-4-5-11-22-20/h2-8,11,17H,9-10,12-16H2,1H3/t17-/m0/s1. The molecule has 0 unspecified atom stereocenters. The van der Waals surface area contributed by atoms with E-state index in [4.69, 9.17) is 0 Å². The number of para-hydroxylation sites is 1. The van der Waals surface area contributed by atoms with E-state index >= 15 is 0 Å². The molecule has 0 aliphatic carbocycles. The van der Waals surface area contributed by atoms with E-state index in [9.17, 15) is 4.79 Å². The van der Waals surface area contributed by atoms with Crippen LogP contribution in [0.4, 0.5) is 11.5 Å². The minimum atomic E-state index is 0.231. The van der Waals surface area contributed by atoms with Crippen LogP contribution >= 0.6 is 0 Å². The number of hydrogen-bond donors (Lipinski definition) is 0. The summed E-state index contributed by atoms with van der Waals surface area (Å²) >= 11 is 0. The molecule has 5 nitrogen and oxygen atoms in total. The van der Waals surface area contributed by atoms with Crippen LogP contribution in [0.3, 0.4) is 0 Å². The molecule has 2 aliphatic heterocycles. The molecule has 0 N–H and O–H groups in total. The van der Waals surface area contributed by atoms with Gasteiger partial charge in [0.05, 0.1) is 6.54 Å². The van der Waals surface area contributed by atoms with Gasteiger partial charge in [0.2, 0.25) is 5.91 Å². The molecule has 0 radical (unpaired) electrons. The molecule has 1 fully saturated rings. The van der Waals surface area contributed by atoms with Gasteiger partial charge in [0.1, 0.15) is 5.82 Å². The van der Waals surface area contributed by atoms with E-state index in [0.717, 1.165) is 44.8 Å². The van der Waals surface area contributed by atoms with Crippen molar-refractivity contribution < 1.29 is 4.79 Å². The number of rotatable bonds is 3. The summed E-state index contributed by atoms with van der Waals surface area (Å²) in [5, 5.41) is 0. The molecule has 0 saturated carbocycles. The van der Waals surface area contributed by atoms with Crippen molar-refractivity contribution in [2.75, 3.05) is 42.5 Å². The first kappa shape index (κ1) is 16.9. The van der Waals surface area contributed by atoms with Gasteiger partial charge in [-0.15, -0.1) is 0 Å². The Kier molecular flexibility index (Phi) is 4.78. The van der Waals surface area contributed by atoms with Crippen LogP contribution in [0.1, 0.15) is 18.9 Å². The second-order valence-electron chi connectivity index (χ2n) is 7.20. The van der Waals surface area contributed by atoms with Crippen molar-refractivity contribution in [1.82, 2.24) is 9.88 Å². The third-order valence-electron chi connectivity index (χ3n) is 5.58. The first-order chi connectivity index (χ1) is 12.7. The predicted octanol–water partition coefficient (Wildman–Crippen LogP) is 2.57. The fourth-order valence-corrected chi connectivity index (χ4v) is 3.97. The number of amides is 1. The fraction of sp³-hybridized carbons (Fsp3) is 0.429. The van der Waals surface area contributed by atoms with Crippen molar-refractivity contribution in [3.05, 3.63) is 54.2 Å². The minimum Gasteiger partial charge on any atom is -0.359 e. The highest BCUT2D eigenvalue weighted by atomic mass is 16.2. The molecule has 0 bridgehead atoms. The summed E-state index contributed by atoms with van der Waals surface area (Å²) in [4.78, 5) is 23.9. The van der Waals surface area contributed by atoms with Crippen molar-refractivity contribution >= 4 is 17.4 Å². The van der Waals surface area contributed by atoms with Gasteiger partial charge in [-0.3, -0.25) is 4.79 Å². The number of pyridine rings is 1. The molecule has 2 aliphatic rings. The van der Waals surface area contributed by atoms with Gasteiger partial charge in [0.15, 0.2) is 0 Å². The molecule has 1 atom stereocenters. The van der Waals surface area contributed by atoms with Crippen LogP contribution in [-0.2, 0) is 11.2 Å². The van der Waals surface area contributed by atoms with Crippen molar-refractivity contribution in [3.8, 4) is 0 Å². The summed E-state index contributed by atoms with van der Waals surface area (Å²) in [6.45, 7) is 5.91. The van der Waals surface area contributed by atoms with E-state index in [1.807, 2.05) is 29.3 Å². The Balaban J connectivity index is 1.39. The van der Waals surface area contributed by atoms with Crippen molar-refractivity contribution in [2.24, 2.45) is 0 Å². The van der Waals surface area contributed by atoms with Gasteiger partial charge in [-0.1, -0.05) is 24.3 Å². The number of benzene rings is 1. The summed E-state index contributed by atoms with van der Waals surface area (Å²) in [6, 6.07) is 14.9. The third-order valence-corrected chi connectivity index (χ3v) is 5.58. The van der Waals surface area contributed by atoms with Crippen molar-refractivity contribution in [2.45, 2.75) is 25.8 Å². The lowest BCUT2D eigenvalue weighted by Gasteiger charge is -2.40. The number of hydrogen-bond acceptors (Lipinski definition) is 4. The van der Waals surface area contributed by atoms with E-state index in [1.54, 1.807) is 0 Å². The predicted molar refractivity (Wildman–Crippen MR) is 105 cm³/mol. The van der Waals surface area contributed by atoms with E-state index in [0.29, 0.717) is 12.6 Å². The highest BCUT2D eigenvalue weighted by Crippen LogP contribution is 2.30. The topological polar surface area (TPSA) is 39.7 Å². The molecular formula is C21H26N4O. The minimum absolute atomic E-state index is 0.231. The van der Waals surface area contributed by atoms with E-state index in [1.165, 1.54) is 11.3 Å². The number of piperazine rings is 1. The zero-order valence-corrected chi connectivity index (χ0v) is 15.3. The van der Waals surface area contributed by atoms with Crippen molar-refractivity contribution in [1.29, 1.82) is 0 Å². The number of anilines is 2. The summed E-state index contributed by atoms with van der Waals surface area (Å²) < 4.78 is 0. The molecule has 26 heavy (non-hydrogen) atoms. The average Bonchev–Trinajstić information content (AvgIpc) is 2.71. The fourth-order valence-electron chi connectivity index (χ4n) is 3.97. The van der Waals surface area contributed by atoms with E-state index in [2.05, 4.69) is 46.0 Å². The van der Waals surface area contributed by atoms with Crippen molar-refractivity contribution in [3.63, 3.8) is 0 Å². The quantitative estimate of drug-likeness (QED) is 0.853. The SMILES string of the molecule is C[C@H]1CCc2ccccc2N1CC(=O)N1CCN(c2ccccn2)CC1. The average molecular weight is 350 g/mol. The van der Waals surface area contributed by atoms with Gasteiger partial charge >= 0.3 is 0 Å². The smallest absolute Gasteiger partial charge is 0.242 e. The first-order valence-corrected chi connectivity index (χ1v) is 9.50. The lowest BCUT2D eigenvalue weighted by molar-refractivity contribution is -0.130. The summed E-state index contributed by atoms with van der Waals surface area (Å²) in [5.41, 5.74) is 2.59. The van der Waals surface area contributed by atoms with Gasteiger partial charge in [-0.05, 0) is 43.5 Å². The van der Waals surface area contributed by atoms with Gasteiger partial charge < -0.3 is 14.7 Å². The highest BCUT2D eigenvalue weighted by molar-refractivity contribution is 5.82. The summed E-state index contributed by atoms with van der Waals surface area (Å²) in [6.07, 6.45) is 4.03. The van der Waals surface area contributed by atoms with Crippen LogP contribution in [0, 0.1) is 0 Å². The number of aryl methyl sites for hydroxylation is 1. The van der Waals surface area contributed by atoms with Gasteiger partial charge in [0.25, 0.3) is 0 Å². The Morgan fingerprint density at radius 2 is 1.85 bits per heavy atom. The number of carbonyl (C=O) groups is 1. The highest BCUT2D eigenvalue weighted by Gasteiger charge is 2.28. The molecule has 1 aromatic carbocycles. The Morgan fingerprint density at radius 3 is 2.62 bits per heavy atom. The lowest BCUT2D eigenvalue weighted by Crippen LogP contribution is -2.53. The summed E-state index contributed by atoms with van der Waals surface area (Å²) in [7, 11) is 0. The maximum atomic E-state index is 12.9. The number of aromatic nitrogens is 1. The monoisotopic (exact) mass is 350 g/mol. The van der Waals surface area contributed by atoms with E-state index < -0.39 is 0 Å². The van der Waals surface area contributed by atoms with Crippen LogP contribution in [-0.4, -0.2) is 54.6 Å². The first-order valence-electron chi connectivity index (χ1n) is 9.50. The molecule has 136 valence electrons. The number of fused-ring (bicyclic) bond motifs is 1. The molecule has 3 heterocycles. The molecule has 1 saturated heterocycles. The Labute approximate surface area is 155 Å². The van der Waals surface area contributed by atoms with Gasteiger partial charge in [-0.25, -0.2) is 4.98 Å². The zero-order valence-electron chi connectivity index (χ0n) is 15.3. The number of carbonyl (C=O) groups excluding carboxylic acids is 1. The third kappa shape index (κ3) is 3.39. The summed E-state index contributed by atoms with van der Waals surface area (Å²) in [5.74, 6) is 1.23. The Hall–Kier alpha value is -2.56. The maximum absolute atomic E-state index is 12.9. The van der Waals surface area contributed by atoms with Crippen LogP contribution in [0.5, 0.6) is 0 Å². The lowest BCUT2D eigenvalue weighted by atomic mass is 9.96.